The Morgan fingerprint density at radius 3 is 2.47 bits per heavy atom. The van der Waals surface area contributed by atoms with Gasteiger partial charge in [-0.25, -0.2) is 0 Å². The van der Waals surface area contributed by atoms with Crippen LogP contribution in [-0.2, 0) is 12.8 Å². The summed E-state index contributed by atoms with van der Waals surface area (Å²) in [6.45, 7) is 3.70. The number of benzene rings is 1. The number of aromatic nitrogens is 1. The third-order valence-electron chi connectivity index (χ3n) is 3.07. The van der Waals surface area contributed by atoms with Gasteiger partial charge in [0.25, 0.3) is 0 Å². The maximum Gasteiger partial charge on any atom is 0.416 e. The van der Waals surface area contributed by atoms with Crippen molar-refractivity contribution in [1.29, 1.82) is 0 Å². The Morgan fingerprint density at radius 2 is 1.95 bits per heavy atom. The largest absolute Gasteiger partial charge is 0.416 e. The molecule has 0 atom stereocenters. The van der Waals surface area contributed by atoms with Gasteiger partial charge >= 0.3 is 6.18 Å². The van der Waals surface area contributed by atoms with Gasteiger partial charge < -0.3 is 5.11 Å². The molecule has 0 spiro atoms. The lowest BCUT2D eigenvalue weighted by molar-refractivity contribution is -0.137. The summed E-state index contributed by atoms with van der Waals surface area (Å²) in [5.74, 6) is 0.101. The van der Waals surface area contributed by atoms with Crippen LogP contribution in [0.2, 0.25) is 0 Å². The average Bonchev–Trinajstić information content (AvgIpc) is 2.35. The summed E-state index contributed by atoms with van der Waals surface area (Å²) in [5, 5.41) is 9.95. The van der Waals surface area contributed by atoms with Crippen molar-refractivity contribution in [3.63, 3.8) is 0 Å². The maximum atomic E-state index is 12.7. The zero-order valence-electron chi connectivity index (χ0n) is 10.6. The number of aliphatic hydroxyl groups excluding tert-OH is 1. The number of halogens is 3. The van der Waals surface area contributed by atoms with E-state index in [0.29, 0.717) is 16.5 Å². The van der Waals surface area contributed by atoms with Crippen molar-refractivity contribution in [2.45, 2.75) is 32.5 Å². The molecule has 0 aliphatic carbocycles. The van der Waals surface area contributed by atoms with E-state index < -0.39 is 11.7 Å². The second kappa shape index (κ2) is 4.81. The Labute approximate surface area is 108 Å². The summed E-state index contributed by atoms with van der Waals surface area (Å²) in [6.07, 6.45) is -2.93. The van der Waals surface area contributed by atoms with Crippen LogP contribution >= 0.6 is 0 Å². The van der Waals surface area contributed by atoms with Gasteiger partial charge in [-0.1, -0.05) is 19.9 Å². The van der Waals surface area contributed by atoms with Crippen LogP contribution in [0.15, 0.2) is 24.4 Å². The maximum absolute atomic E-state index is 12.7. The molecule has 2 nitrogen and oxygen atoms in total. The van der Waals surface area contributed by atoms with E-state index in [1.54, 1.807) is 0 Å². The molecule has 0 aliphatic heterocycles. The Bertz CT molecular complexity index is 605. The lowest BCUT2D eigenvalue weighted by Gasteiger charge is -2.15. The number of fused-ring (bicyclic) bond motifs is 1. The van der Waals surface area contributed by atoms with Crippen molar-refractivity contribution in [3.05, 3.63) is 41.1 Å². The highest BCUT2D eigenvalue weighted by molar-refractivity contribution is 5.84. The summed E-state index contributed by atoms with van der Waals surface area (Å²) in [6, 6.07) is 3.53. The summed E-state index contributed by atoms with van der Waals surface area (Å²) in [5.41, 5.74) is 1.10. The van der Waals surface area contributed by atoms with Crippen LogP contribution in [0, 0.1) is 0 Å². The second-order valence-electron chi connectivity index (χ2n) is 4.74. The zero-order chi connectivity index (χ0) is 14.2. The van der Waals surface area contributed by atoms with Gasteiger partial charge in [0.2, 0.25) is 0 Å². The van der Waals surface area contributed by atoms with Crippen LogP contribution in [0.25, 0.3) is 10.9 Å². The number of nitrogens with zero attached hydrogens (tertiary/aromatic N) is 1. The fourth-order valence-electron chi connectivity index (χ4n) is 2.24. The number of hydrogen-bond donors (Lipinski definition) is 1. The van der Waals surface area contributed by atoms with E-state index in [9.17, 15) is 18.3 Å². The molecule has 1 aromatic heterocycles. The first-order valence-electron chi connectivity index (χ1n) is 5.94. The fraction of sp³-hybridized carbons (Fsp3) is 0.357. The Balaban J connectivity index is 2.71. The predicted octanol–water partition coefficient (Wildman–Crippen LogP) is 3.87. The fourth-order valence-corrected chi connectivity index (χ4v) is 2.24. The van der Waals surface area contributed by atoms with Crippen LogP contribution in [0.1, 0.15) is 36.5 Å². The molecule has 2 rings (SSSR count). The number of alkyl halides is 3. The van der Waals surface area contributed by atoms with E-state index >= 15 is 0 Å². The first-order valence-corrected chi connectivity index (χ1v) is 5.94. The number of pyridine rings is 1. The molecule has 0 saturated heterocycles. The molecule has 0 radical (unpaired) electrons. The molecule has 1 aromatic carbocycles. The molecule has 0 bridgehead atoms. The van der Waals surface area contributed by atoms with Gasteiger partial charge in [0.1, 0.15) is 0 Å². The molecule has 0 saturated carbocycles. The van der Waals surface area contributed by atoms with Gasteiger partial charge in [0.05, 0.1) is 17.7 Å². The Kier molecular flexibility index (Phi) is 3.49. The Hall–Kier alpha value is -1.62. The van der Waals surface area contributed by atoms with Gasteiger partial charge in [-0.3, -0.25) is 4.98 Å². The zero-order valence-corrected chi connectivity index (χ0v) is 10.6. The minimum absolute atomic E-state index is 0.101. The van der Waals surface area contributed by atoms with E-state index in [1.807, 2.05) is 13.8 Å². The summed E-state index contributed by atoms with van der Waals surface area (Å²) in [7, 11) is 0. The first kappa shape index (κ1) is 13.8. The molecule has 1 heterocycles. The van der Waals surface area contributed by atoms with Crippen molar-refractivity contribution in [2.75, 3.05) is 0 Å². The normalized spacial score (nSPS) is 12.4. The van der Waals surface area contributed by atoms with Crippen molar-refractivity contribution in [3.8, 4) is 0 Å². The predicted molar refractivity (Wildman–Crippen MR) is 66.8 cm³/mol. The first-order chi connectivity index (χ1) is 8.84. The molecule has 0 unspecified atom stereocenters. The van der Waals surface area contributed by atoms with E-state index in [1.165, 1.54) is 12.3 Å². The van der Waals surface area contributed by atoms with Gasteiger partial charge in [0.15, 0.2) is 0 Å². The summed E-state index contributed by atoms with van der Waals surface area (Å²) in [4.78, 5) is 4.01. The second-order valence-corrected chi connectivity index (χ2v) is 4.74. The highest BCUT2D eigenvalue weighted by Gasteiger charge is 2.30. The molecule has 5 heteroatoms. The SMILES string of the molecule is CC(C)c1c(CO)cnc2cc(C(F)(F)F)ccc12. The van der Waals surface area contributed by atoms with Crippen LogP contribution in [-0.4, -0.2) is 10.1 Å². The van der Waals surface area contributed by atoms with Crippen molar-refractivity contribution in [2.24, 2.45) is 0 Å². The minimum Gasteiger partial charge on any atom is -0.392 e. The monoisotopic (exact) mass is 269 g/mol. The topological polar surface area (TPSA) is 33.1 Å². The highest BCUT2D eigenvalue weighted by Crippen LogP contribution is 2.34. The molecule has 0 amide bonds. The van der Waals surface area contributed by atoms with Gasteiger partial charge in [-0.2, -0.15) is 13.2 Å². The smallest absolute Gasteiger partial charge is 0.392 e. The van der Waals surface area contributed by atoms with Gasteiger partial charge in [0, 0.05) is 11.6 Å². The number of rotatable bonds is 2. The molecule has 19 heavy (non-hydrogen) atoms. The minimum atomic E-state index is -4.37. The molecule has 102 valence electrons. The molecule has 2 aromatic rings. The lowest BCUT2D eigenvalue weighted by Crippen LogP contribution is -2.06. The van der Waals surface area contributed by atoms with E-state index in [0.717, 1.165) is 17.7 Å². The van der Waals surface area contributed by atoms with Gasteiger partial charge in [-0.05, 0) is 29.2 Å². The van der Waals surface area contributed by atoms with Crippen LogP contribution in [0.4, 0.5) is 13.2 Å². The quantitative estimate of drug-likeness (QED) is 0.897. The van der Waals surface area contributed by atoms with Gasteiger partial charge in [-0.15, -0.1) is 0 Å². The van der Waals surface area contributed by atoms with Crippen LogP contribution < -0.4 is 0 Å². The number of aliphatic hydroxyl groups is 1. The summed E-state index contributed by atoms with van der Waals surface area (Å²) < 4.78 is 38.0. The standard InChI is InChI=1S/C14H14F3NO/c1-8(2)13-9(7-19)6-18-12-5-10(14(15,16)17)3-4-11(12)13/h3-6,8,19H,7H2,1-2H3. The molecular weight excluding hydrogens is 255 g/mol. The van der Waals surface area contributed by atoms with Crippen molar-refractivity contribution < 1.29 is 18.3 Å². The lowest BCUT2D eigenvalue weighted by atomic mass is 9.93. The molecule has 0 fully saturated rings. The third kappa shape index (κ3) is 2.56. The Morgan fingerprint density at radius 1 is 1.26 bits per heavy atom. The van der Waals surface area contributed by atoms with E-state index in [-0.39, 0.29) is 12.5 Å². The van der Waals surface area contributed by atoms with E-state index in [2.05, 4.69) is 4.98 Å². The average molecular weight is 269 g/mol. The highest BCUT2D eigenvalue weighted by atomic mass is 19.4. The number of hydrogen-bond acceptors (Lipinski definition) is 2. The van der Waals surface area contributed by atoms with E-state index in [4.69, 9.17) is 0 Å². The third-order valence-corrected chi connectivity index (χ3v) is 3.07. The van der Waals surface area contributed by atoms with Crippen molar-refractivity contribution >= 4 is 10.9 Å². The van der Waals surface area contributed by atoms with Crippen LogP contribution in [0.3, 0.4) is 0 Å². The molecular formula is C14H14F3NO. The van der Waals surface area contributed by atoms with Crippen LogP contribution in [0.5, 0.6) is 0 Å². The molecule has 0 aliphatic rings. The molecule has 1 N–H and O–H groups in total. The van der Waals surface area contributed by atoms with Crippen molar-refractivity contribution in [1.82, 2.24) is 4.98 Å². The summed E-state index contributed by atoms with van der Waals surface area (Å²) >= 11 is 0.